The summed E-state index contributed by atoms with van der Waals surface area (Å²) in [5.41, 5.74) is 4.13. The molecule has 1 atom stereocenters. The van der Waals surface area contributed by atoms with Crippen LogP contribution in [0.2, 0.25) is 0 Å². The van der Waals surface area contributed by atoms with Gasteiger partial charge in [-0.3, -0.25) is 14.4 Å². The monoisotopic (exact) mass is 473 g/mol. The quantitative estimate of drug-likeness (QED) is 0.398. The van der Waals surface area contributed by atoms with Crippen LogP contribution in [0.25, 0.3) is 16.5 Å². The van der Waals surface area contributed by atoms with Gasteiger partial charge in [-0.25, -0.2) is 0 Å². The molecule has 7 heteroatoms. The van der Waals surface area contributed by atoms with E-state index in [-0.39, 0.29) is 5.91 Å². The fraction of sp³-hybridized carbons (Fsp3) is 0.103. The molecule has 36 heavy (non-hydrogen) atoms. The number of rotatable bonds is 4. The number of fused-ring (bicyclic) bond motifs is 4. The number of amides is 1. The molecule has 1 amide bonds. The molecule has 0 spiro atoms. The molecule has 1 aliphatic heterocycles. The number of methoxy groups -OCH3 is 1. The van der Waals surface area contributed by atoms with Crippen molar-refractivity contribution in [1.29, 1.82) is 0 Å². The maximum atomic E-state index is 13.5. The van der Waals surface area contributed by atoms with Gasteiger partial charge in [0.2, 0.25) is 0 Å². The van der Waals surface area contributed by atoms with Crippen molar-refractivity contribution in [3.8, 4) is 11.4 Å². The number of ether oxygens (including phenoxy) is 1. The number of aryl methyl sites for hydroxylation is 1. The molecule has 0 radical (unpaired) electrons. The number of hydrogen-bond acceptors (Lipinski definition) is 5. The predicted octanol–water partition coefficient (Wildman–Crippen LogP) is 5.02. The highest BCUT2D eigenvalue weighted by Crippen LogP contribution is 2.30. The van der Waals surface area contributed by atoms with E-state index >= 15 is 0 Å². The highest BCUT2D eigenvalue weighted by molar-refractivity contribution is 6.15. The van der Waals surface area contributed by atoms with Gasteiger partial charge in [0.15, 0.2) is 12.0 Å². The summed E-state index contributed by atoms with van der Waals surface area (Å²) in [5, 5.41) is 13.7. The second kappa shape index (κ2) is 8.78. The Morgan fingerprint density at radius 3 is 2.56 bits per heavy atom. The van der Waals surface area contributed by atoms with Crippen molar-refractivity contribution in [1.82, 2.24) is 20.1 Å². The summed E-state index contributed by atoms with van der Waals surface area (Å²) in [6.07, 6.45) is -0.734. The van der Waals surface area contributed by atoms with Crippen molar-refractivity contribution >= 4 is 22.4 Å². The Morgan fingerprint density at radius 2 is 1.72 bits per heavy atom. The molecular formula is C29H23N5O2. The Morgan fingerprint density at radius 1 is 0.917 bits per heavy atom. The fourth-order valence-corrected chi connectivity index (χ4v) is 4.68. The van der Waals surface area contributed by atoms with Crippen molar-refractivity contribution in [3.63, 3.8) is 0 Å². The Kier molecular flexibility index (Phi) is 5.30. The lowest BCUT2D eigenvalue weighted by molar-refractivity contribution is 0.0936. The number of aliphatic imine (C=N–C) groups is 1. The maximum Gasteiger partial charge on any atom is 0.253 e. The molecule has 6 rings (SSSR count). The van der Waals surface area contributed by atoms with Crippen LogP contribution >= 0.6 is 0 Å². The van der Waals surface area contributed by atoms with Crippen molar-refractivity contribution in [2.45, 2.75) is 13.1 Å². The largest absolute Gasteiger partial charge is 0.496 e. The molecule has 0 saturated heterocycles. The van der Waals surface area contributed by atoms with E-state index in [2.05, 4.69) is 15.5 Å². The second-order valence-electron chi connectivity index (χ2n) is 8.57. The first kappa shape index (κ1) is 21.7. The number of nitrogens with zero attached hydrogens (tertiary/aromatic N) is 4. The average molecular weight is 474 g/mol. The predicted molar refractivity (Wildman–Crippen MR) is 139 cm³/mol. The van der Waals surface area contributed by atoms with Crippen LogP contribution in [0.3, 0.4) is 0 Å². The van der Waals surface area contributed by atoms with E-state index < -0.39 is 6.17 Å². The zero-order chi connectivity index (χ0) is 24.6. The normalized spacial score (nSPS) is 14.4. The van der Waals surface area contributed by atoms with Crippen LogP contribution in [0.5, 0.6) is 5.75 Å². The maximum absolute atomic E-state index is 13.5. The van der Waals surface area contributed by atoms with Gasteiger partial charge in [-0.15, -0.1) is 10.2 Å². The summed E-state index contributed by atoms with van der Waals surface area (Å²) >= 11 is 0. The van der Waals surface area contributed by atoms with Gasteiger partial charge < -0.3 is 10.1 Å². The summed E-state index contributed by atoms with van der Waals surface area (Å²) in [6, 6.07) is 29.3. The minimum atomic E-state index is -0.734. The second-order valence-corrected chi connectivity index (χ2v) is 8.57. The molecule has 0 saturated carbocycles. The lowest BCUT2D eigenvalue weighted by Crippen LogP contribution is -2.29. The van der Waals surface area contributed by atoms with Crippen molar-refractivity contribution in [2.75, 3.05) is 7.11 Å². The standard InChI is InChI=1S/C29H23N5O2/c1-18-32-33-28-27(31-29(35)21-15-16-22-20(17-21)11-8-14-25(22)36-2)30-26(19-9-4-3-5-10-19)23-12-6-7-13-24(23)34(18)28/h3-17,27H,1-2H3,(H,31,35). The summed E-state index contributed by atoms with van der Waals surface area (Å²) in [6.45, 7) is 1.90. The van der Waals surface area contributed by atoms with E-state index in [0.717, 1.165) is 44.9 Å². The number of nitrogens with one attached hydrogen (secondary N) is 1. The van der Waals surface area contributed by atoms with E-state index in [9.17, 15) is 4.79 Å². The Bertz CT molecular complexity index is 1640. The number of benzene rings is 4. The Labute approximate surface area is 208 Å². The third kappa shape index (κ3) is 3.62. The lowest BCUT2D eigenvalue weighted by atomic mass is 10.0. The Balaban J connectivity index is 1.46. The molecule has 2 heterocycles. The highest BCUT2D eigenvalue weighted by atomic mass is 16.5. The van der Waals surface area contributed by atoms with Gasteiger partial charge in [0, 0.05) is 22.1 Å². The van der Waals surface area contributed by atoms with Gasteiger partial charge in [0.1, 0.15) is 11.6 Å². The summed E-state index contributed by atoms with van der Waals surface area (Å²) in [4.78, 5) is 18.5. The smallest absolute Gasteiger partial charge is 0.253 e. The van der Waals surface area contributed by atoms with E-state index in [1.54, 1.807) is 13.2 Å². The molecule has 1 unspecified atom stereocenters. The van der Waals surface area contributed by atoms with E-state index in [1.165, 1.54) is 0 Å². The van der Waals surface area contributed by atoms with Gasteiger partial charge in [-0.1, -0.05) is 60.7 Å². The van der Waals surface area contributed by atoms with Crippen LogP contribution in [0.4, 0.5) is 0 Å². The number of carbonyl (C=O) groups is 1. The van der Waals surface area contributed by atoms with Crippen LogP contribution in [-0.2, 0) is 0 Å². The third-order valence-corrected chi connectivity index (χ3v) is 6.39. The molecule has 1 aromatic heterocycles. The zero-order valence-corrected chi connectivity index (χ0v) is 19.8. The molecule has 4 aromatic carbocycles. The minimum absolute atomic E-state index is 0.251. The van der Waals surface area contributed by atoms with Crippen LogP contribution in [0.15, 0.2) is 96.0 Å². The van der Waals surface area contributed by atoms with Gasteiger partial charge >= 0.3 is 0 Å². The molecule has 7 nitrogen and oxygen atoms in total. The van der Waals surface area contributed by atoms with E-state index in [1.807, 2.05) is 96.4 Å². The average Bonchev–Trinajstić information content (AvgIpc) is 3.25. The van der Waals surface area contributed by atoms with Crippen molar-refractivity contribution in [3.05, 3.63) is 119 Å². The SMILES string of the molecule is COc1cccc2cc(C(=O)NC3N=C(c4ccccc4)c4ccccc4-n4c(C)nnc43)ccc12. The van der Waals surface area contributed by atoms with Crippen LogP contribution in [-0.4, -0.2) is 33.5 Å². The summed E-state index contributed by atoms with van der Waals surface area (Å²) < 4.78 is 7.42. The number of carbonyl (C=O) groups excluding carboxylic acids is 1. The number of para-hydroxylation sites is 1. The first-order valence-electron chi connectivity index (χ1n) is 11.7. The van der Waals surface area contributed by atoms with Crippen LogP contribution in [0, 0.1) is 6.92 Å². The van der Waals surface area contributed by atoms with E-state index in [4.69, 9.17) is 9.73 Å². The molecule has 176 valence electrons. The molecule has 0 aliphatic carbocycles. The third-order valence-electron chi connectivity index (χ3n) is 6.39. The molecule has 0 fully saturated rings. The Hall–Kier alpha value is -4.78. The first-order chi connectivity index (χ1) is 17.6. The molecule has 1 N–H and O–H groups in total. The van der Waals surface area contributed by atoms with Crippen molar-refractivity contribution in [2.24, 2.45) is 4.99 Å². The number of hydrogen-bond donors (Lipinski definition) is 1. The van der Waals surface area contributed by atoms with E-state index in [0.29, 0.717) is 11.4 Å². The van der Waals surface area contributed by atoms with Crippen LogP contribution < -0.4 is 10.1 Å². The summed E-state index contributed by atoms with van der Waals surface area (Å²) in [7, 11) is 1.64. The van der Waals surface area contributed by atoms with Crippen molar-refractivity contribution < 1.29 is 9.53 Å². The summed E-state index contributed by atoms with van der Waals surface area (Å²) in [5.74, 6) is 1.79. The first-order valence-corrected chi connectivity index (χ1v) is 11.7. The van der Waals surface area contributed by atoms with Gasteiger partial charge in [0.25, 0.3) is 5.91 Å². The van der Waals surface area contributed by atoms with Crippen LogP contribution in [0.1, 0.15) is 39.3 Å². The number of aromatic nitrogens is 3. The molecule has 0 bridgehead atoms. The molecule has 1 aliphatic rings. The molecular weight excluding hydrogens is 450 g/mol. The highest BCUT2D eigenvalue weighted by Gasteiger charge is 2.29. The fourth-order valence-electron chi connectivity index (χ4n) is 4.68. The van der Waals surface area contributed by atoms with Gasteiger partial charge in [0.05, 0.1) is 18.5 Å². The van der Waals surface area contributed by atoms with Gasteiger partial charge in [-0.05, 0) is 42.6 Å². The lowest BCUT2D eigenvalue weighted by Gasteiger charge is -2.15. The topological polar surface area (TPSA) is 81.4 Å². The minimum Gasteiger partial charge on any atom is -0.496 e. The zero-order valence-electron chi connectivity index (χ0n) is 19.8. The van der Waals surface area contributed by atoms with Gasteiger partial charge in [-0.2, -0.15) is 0 Å². The molecule has 5 aromatic rings.